The van der Waals surface area contributed by atoms with Crippen LogP contribution >= 0.6 is 0 Å². The number of nitrogens with zero attached hydrogens (tertiary/aromatic N) is 2. The Morgan fingerprint density at radius 3 is 2.71 bits per heavy atom. The van der Waals surface area contributed by atoms with Crippen LogP contribution < -0.4 is 5.32 Å². The molecule has 0 saturated carbocycles. The maximum atomic E-state index is 12.4. The average Bonchev–Trinajstić information content (AvgIpc) is 2.58. The minimum atomic E-state index is -0.562. The Morgan fingerprint density at radius 1 is 1.25 bits per heavy atom. The van der Waals surface area contributed by atoms with Gasteiger partial charge in [0.1, 0.15) is 13.2 Å². The van der Waals surface area contributed by atoms with Gasteiger partial charge in [0, 0.05) is 19.1 Å². The van der Waals surface area contributed by atoms with Crippen LogP contribution in [0, 0.1) is 0 Å². The molecule has 0 aromatic heterocycles. The number of likely N-dealkylation sites (N-methyl/N-ethyl adjacent to an activating group) is 1. The van der Waals surface area contributed by atoms with Gasteiger partial charge in [0.25, 0.3) is 0 Å². The minimum absolute atomic E-state index is 0.0163. The number of carbonyl (C=O) groups excluding carboxylic acids is 2. The van der Waals surface area contributed by atoms with E-state index in [0.29, 0.717) is 0 Å². The molecule has 1 saturated heterocycles. The maximum absolute atomic E-state index is 12.4. The van der Waals surface area contributed by atoms with E-state index in [2.05, 4.69) is 10.2 Å². The van der Waals surface area contributed by atoms with Gasteiger partial charge in [-0.25, -0.2) is 4.79 Å². The topological polar surface area (TPSA) is 61.9 Å². The number of benzene rings is 1. The molecule has 132 valence electrons. The molecular weight excluding hydrogens is 306 g/mol. The first-order valence-corrected chi connectivity index (χ1v) is 8.45. The van der Waals surface area contributed by atoms with E-state index in [-0.39, 0.29) is 25.1 Å². The molecule has 1 fully saturated rings. The normalized spacial score (nSPS) is 17.6. The molecule has 1 aromatic carbocycles. The lowest BCUT2D eigenvalue weighted by atomic mass is 10.0. The highest BCUT2D eigenvalue weighted by Gasteiger charge is 2.27. The zero-order valence-corrected chi connectivity index (χ0v) is 14.5. The molecule has 24 heavy (non-hydrogen) atoms. The molecule has 1 aromatic rings. The van der Waals surface area contributed by atoms with E-state index in [9.17, 15) is 9.59 Å². The zero-order chi connectivity index (χ0) is 17.4. The molecule has 2 rings (SSSR count). The molecule has 1 aliphatic rings. The van der Waals surface area contributed by atoms with Crippen LogP contribution in [0.5, 0.6) is 0 Å². The van der Waals surface area contributed by atoms with Gasteiger partial charge in [-0.3, -0.25) is 4.79 Å². The van der Waals surface area contributed by atoms with Gasteiger partial charge in [-0.2, -0.15) is 0 Å². The Balaban J connectivity index is 1.75. The second-order valence-electron chi connectivity index (χ2n) is 6.41. The SMILES string of the molecule is CN(C)C[C@H]1CCCCN1C(=O)CNC(=O)OCc1ccccc1. The molecule has 1 atom stereocenters. The maximum Gasteiger partial charge on any atom is 0.407 e. The molecule has 6 heteroatoms. The number of hydrogen-bond acceptors (Lipinski definition) is 4. The van der Waals surface area contributed by atoms with Crippen molar-refractivity contribution in [2.45, 2.75) is 31.9 Å². The van der Waals surface area contributed by atoms with Gasteiger partial charge in [-0.1, -0.05) is 30.3 Å². The predicted octanol–water partition coefficient (Wildman–Crippen LogP) is 1.86. The smallest absolute Gasteiger partial charge is 0.407 e. The molecule has 1 heterocycles. The number of hydrogen-bond donors (Lipinski definition) is 1. The first kappa shape index (κ1) is 18.3. The van der Waals surface area contributed by atoms with Crippen LogP contribution in [0.15, 0.2) is 30.3 Å². The molecule has 0 spiro atoms. The summed E-state index contributed by atoms with van der Waals surface area (Å²) in [7, 11) is 4.02. The van der Waals surface area contributed by atoms with Gasteiger partial charge in [-0.05, 0) is 38.9 Å². The fourth-order valence-corrected chi connectivity index (χ4v) is 2.96. The summed E-state index contributed by atoms with van der Waals surface area (Å²) in [5.41, 5.74) is 0.918. The minimum Gasteiger partial charge on any atom is -0.445 e. The standard InChI is InChI=1S/C18H27N3O3/c1-20(2)13-16-10-6-7-11-21(16)17(22)12-19-18(23)24-14-15-8-4-3-5-9-15/h3-5,8-9,16H,6-7,10-14H2,1-2H3,(H,19,23)/t16-/m1/s1. The van der Waals surface area contributed by atoms with Crippen molar-refractivity contribution in [3.8, 4) is 0 Å². The predicted molar refractivity (Wildman–Crippen MR) is 92.5 cm³/mol. The van der Waals surface area contributed by atoms with E-state index in [4.69, 9.17) is 4.74 Å². The number of amides is 2. The van der Waals surface area contributed by atoms with Crippen molar-refractivity contribution in [3.05, 3.63) is 35.9 Å². The van der Waals surface area contributed by atoms with E-state index in [1.165, 1.54) is 0 Å². The lowest BCUT2D eigenvalue weighted by Gasteiger charge is -2.37. The van der Waals surface area contributed by atoms with Crippen molar-refractivity contribution < 1.29 is 14.3 Å². The third-order valence-corrected chi connectivity index (χ3v) is 4.12. The van der Waals surface area contributed by atoms with Crippen molar-refractivity contribution in [2.75, 3.05) is 33.7 Å². The Hall–Kier alpha value is -2.08. The van der Waals surface area contributed by atoms with Crippen LogP contribution in [0.3, 0.4) is 0 Å². The van der Waals surface area contributed by atoms with Gasteiger partial charge in [0.2, 0.25) is 5.91 Å². The molecule has 1 N–H and O–H groups in total. The summed E-state index contributed by atoms with van der Waals surface area (Å²) >= 11 is 0. The monoisotopic (exact) mass is 333 g/mol. The van der Waals surface area contributed by atoms with Crippen LogP contribution in [0.1, 0.15) is 24.8 Å². The van der Waals surface area contributed by atoms with Gasteiger partial charge in [0.15, 0.2) is 0 Å². The third-order valence-electron chi connectivity index (χ3n) is 4.12. The second-order valence-corrected chi connectivity index (χ2v) is 6.41. The summed E-state index contributed by atoms with van der Waals surface area (Å²) < 4.78 is 5.13. The summed E-state index contributed by atoms with van der Waals surface area (Å²) in [5, 5.41) is 2.56. The number of rotatable bonds is 6. The van der Waals surface area contributed by atoms with Crippen LogP contribution in [0.2, 0.25) is 0 Å². The van der Waals surface area contributed by atoms with E-state index < -0.39 is 6.09 Å². The number of nitrogens with one attached hydrogen (secondary N) is 1. The van der Waals surface area contributed by atoms with Crippen molar-refractivity contribution in [1.29, 1.82) is 0 Å². The van der Waals surface area contributed by atoms with Gasteiger partial charge < -0.3 is 19.9 Å². The summed E-state index contributed by atoms with van der Waals surface area (Å²) in [5.74, 6) is -0.0433. The number of alkyl carbamates (subject to hydrolysis) is 1. The van der Waals surface area contributed by atoms with Crippen molar-refractivity contribution in [1.82, 2.24) is 15.1 Å². The molecule has 2 amide bonds. The van der Waals surface area contributed by atoms with E-state index in [1.54, 1.807) is 0 Å². The van der Waals surface area contributed by atoms with Crippen molar-refractivity contribution in [2.24, 2.45) is 0 Å². The largest absolute Gasteiger partial charge is 0.445 e. The van der Waals surface area contributed by atoms with Crippen LogP contribution in [-0.4, -0.2) is 61.6 Å². The molecular formula is C18H27N3O3. The Kier molecular flexibility index (Phi) is 7.06. The van der Waals surface area contributed by atoms with Crippen LogP contribution in [0.4, 0.5) is 4.79 Å². The highest BCUT2D eigenvalue weighted by atomic mass is 16.5. The van der Waals surface area contributed by atoms with Gasteiger partial charge in [-0.15, -0.1) is 0 Å². The fraction of sp³-hybridized carbons (Fsp3) is 0.556. The quantitative estimate of drug-likeness (QED) is 0.863. The lowest BCUT2D eigenvalue weighted by molar-refractivity contribution is -0.134. The van der Waals surface area contributed by atoms with Gasteiger partial charge in [0.05, 0.1) is 0 Å². The van der Waals surface area contributed by atoms with Crippen molar-refractivity contribution in [3.63, 3.8) is 0 Å². The first-order chi connectivity index (χ1) is 11.6. The van der Waals surface area contributed by atoms with E-state index in [1.807, 2.05) is 49.3 Å². The van der Waals surface area contributed by atoms with E-state index >= 15 is 0 Å². The molecule has 0 radical (unpaired) electrons. The third kappa shape index (κ3) is 5.85. The first-order valence-electron chi connectivity index (χ1n) is 8.45. The Morgan fingerprint density at radius 2 is 2.00 bits per heavy atom. The van der Waals surface area contributed by atoms with Crippen LogP contribution in [0.25, 0.3) is 0 Å². The number of carbonyl (C=O) groups is 2. The molecule has 0 aliphatic carbocycles. The molecule has 0 bridgehead atoms. The van der Waals surface area contributed by atoms with Crippen molar-refractivity contribution >= 4 is 12.0 Å². The average molecular weight is 333 g/mol. The highest BCUT2D eigenvalue weighted by Crippen LogP contribution is 2.17. The second kappa shape index (κ2) is 9.27. The number of likely N-dealkylation sites (tertiary alicyclic amines) is 1. The van der Waals surface area contributed by atoms with E-state index in [0.717, 1.165) is 37.9 Å². The summed E-state index contributed by atoms with van der Waals surface area (Å²) in [6.07, 6.45) is 2.62. The Labute approximate surface area is 143 Å². The highest BCUT2D eigenvalue weighted by molar-refractivity contribution is 5.82. The summed E-state index contributed by atoms with van der Waals surface area (Å²) in [4.78, 5) is 28.1. The van der Waals surface area contributed by atoms with Crippen LogP contribution in [-0.2, 0) is 16.1 Å². The number of ether oxygens (including phenoxy) is 1. The fourth-order valence-electron chi connectivity index (χ4n) is 2.96. The Bertz CT molecular complexity index is 534. The summed E-state index contributed by atoms with van der Waals surface area (Å²) in [6.45, 7) is 1.80. The molecule has 6 nitrogen and oxygen atoms in total. The lowest BCUT2D eigenvalue weighted by Crippen LogP contribution is -2.51. The molecule has 0 unspecified atom stereocenters. The summed E-state index contributed by atoms with van der Waals surface area (Å²) in [6, 6.07) is 9.69. The van der Waals surface area contributed by atoms with Gasteiger partial charge >= 0.3 is 6.09 Å². The number of piperidine rings is 1. The zero-order valence-electron chi connectivity index (χ0n) is 14.5. The molecule has 1 aliphatic heterocycles.